The number of esters is 1. The van der Waals surface area contributed by atoms with Gasteiger partial charge in [-0.05, 0) is 12.5 Å². The Morgan fingerprint density at radius 1 is 1.26 bits per heavy atom. The van der Waals surface area contributed by atoms with Crippen molar-refractivity contribution in [3.8, 4) is 0 Å². The van der Waals surface area contributed by atoms with Crippen LogP contribution < -0.4 is 0 Å². The molecule has 0 amide bonds. The third-order valence-corrected chi connectivity index (χ3v) is 4.45. The molecule has 0 radical (unpaired) electrons. The van der Waals surface area contributed by atoms with Gasteiger partial charge >= 0.3 is 5.97 Å². The van der Waals surface area contributed by atoms with Gasteiger partial charge in [-0.15, -0.1) is 0 Å². The Labute approximate surface area is 113 Å². The lowest BCUT2D eigenvalue weighted by Crippen LogP contribution is -2.28. The van der Waals surface area contributed by atoms with Crippen LogP contribution in [0.1, 0.15) is 17.7 Å². The maximum Gasteiger partial charge on any atom is 0.328 e. The predicted octanol–water partition coefficient (Wildman–Crippen LogP) is 1.35. The van der Waals surface area contributed by atoms with Gasteiger partial charge in [0.15, 0.2) is 15.1 Å². The molecule has 1 unspecified atom stereocenters. The Kier molecular flexibility index (Phi) is 5.98. The highest BCUT2D eigenvalue weighted by Gasteiger charge is 2.34. The Bertz CT molecular complexity index is 495. The van der Waals surface area contributed by atoms with Crippen LogP contribution in [0.15, 0.2) is 30.3 Å². The van der Waals surface area contributed by atoms with Gasteiger partial charge in [0, 0.05) is 7.11 Å². The number of sulfone groups is 1. The third kappa shape index (κ3) is 4.33. The van der Waals surface area contributed by atoms with Gasteiger partial charge in [-0.25, -0.2) is 8.42 Å². The largest absolute Gasteiger partial charge is 0.465 e. The fraction of sp³-hybridized carbons (Fsp3) is 0.462. The molecule has 106 valence electrons. The molecule has 0 N–H and O–H groups in total. The van der Waals surface area contributed by atoms with E-state index >= 15 is 0 Å². The SMILES string of the molecule is CCOC(=O)C(c1ccccc1)S(=O)(=O)CCOC. The van der Waals surface area contributed by atoms with Crippen molar-refractivity contribution in [1.82, 2.24) is 0 Å². The fourth-order valence-corrected chi connectivity index (χ4v) is 3.22. The van der Waals surface area contributed by atoms with Crippen molar-refractivity contribution < 1.29 is 22.7 Å². The quantitative estimate of drug-likeness (QED) is 0.708. The average Bonchev–Trinajstić information content (AvgIpc) is 2.38. The van der Waals surface area contributed by atoms with Crippen molar-refractivity contribution in [2.75, 3.05) is 26.1 Å². The highest BCUT2D eigenvalue weighted by Crippen LogP contribution is 2.24. The first-order valence-corrected chi connectivity index (χ1v) is 7.66. The molecule has 1 atom stereocenters. The zero-order chi connectivity index (χ0) is 14.3. The van der Waals surface area contributed by atoms with Crippen molar-refractivity contribution in [2.24, 2.45) is 0 Å². The monoisotopic (exact) mass is 286 g/mol. The molecule has 0 saturated carbocycles. The number of hydrogen-bond acceptors (Lipinski definition) is 5. The summed E-state index contributed by atoms with van der Waals surface area (Å²) in [5, 5.41) is -1.29. The van der Waals surface area contributed by atoms with Gasteiger partial charge < -0.3 is 9.47 Å². The number of rotatable bonds is 7. The zero-order valence-electron chi connectivity index (χ0n) is 11.0. The molecule has 5 nitrogen and oxygen atoms in total. The van der Waals surface area contributed by atoms with E-state index in [9.17, 15) is 13.2 Å². The van der Waals surface area contributed by atoms with Crippen LogP contribution in [0.3, 0.4) is 0 Å². The summed E-state index contributed by atoms with van der Waals surface area (Å²) in [7, 11) is -2.24. The second kappa shape index (κ2) is 7.25. The van der Waals surface area contributed by atoms with Crippen LogP contribution in [0.5, 0.6) is 0 Å². The summed E-state index contributed by atoms with van der Waals surface area (Å²) in [4.78, 5) is 11.9. The standard InChI is InChI=1S/C13H18O5S/c1-3-18-13(14)12(11-7-5-4-6-8-11)19(15,16)10-9-17-2/h4-8,12H,3,9-10H2,1-2H3. The summed E-state index contributed by atoms with van der Waals surface area (Å²) in [6.07, 6.45) is 0. The molecule has 0 bridgehead atoms. The lowest BCUT2D eigenvalue weighted by Gasteiger charge is -2.16. The molecule has 19 heavy (non-hydrogen) atoms. The number of methoxy groups -OCH3 is 1. The number of benzene rings is 1. The molecule has 0 heterocycles. The Morgan fingerprint density at radius 3 is 2.42 bits per heavy atom. The summed E-state index contributed by atoms with van der Waals surface area (Å²) in [5.74, 6) is -0.966. The van der Waals surface area contributed by atoms with Crippen LogP contribution in [-0.4, -0.2) is 40.5 Å². The van der Waals surface area contributed by atoms with E-state index in [1.807, 2.05) is 0 Å². The van der Waals surface area contributed by atoms with E-state index < -0.39 is 21.1 Å². The second-order valence-electron chi connectivity index (χ2n) is 3.90. The van der Waals surface area contributed by atoms with Gasteiger partial charge in [-0.3, -0.25) is 4.79 Å². The first-order chi connectivity index (χ1) is 9.03. The second-order valence-corrected chi connectivity index (χ2v) is 6.11. The topological polar surface area (TPSA) is 69.7 Å². The molecule has 0 aliphatic rings. The minimum absolute atomic E-state index is 0.0467. The van der Waals surface area contributed by atoms with E-state index in [1.165, 1.54) is 7.11 Å². The minimum Gasteiger partial charge on any atom is -0.465 e. The number of carbonyl (C=O) groups is 1. The number of ether oxygens (including phenoxy) is 2. The molecule has 0 aliphatic heterocycles. The van der Waals surface area contributed by atoms with Gasteiger partial charge in [-0.1, -0.05) is 30.3 Å². The van der Waals surface area contributed by atoms with Crippen LogP contribution in [0.25, 0.3) is 0 Å². The summed E-state index contributed by atoms with van der Waals surface area (Å²) in [6, 6.07) is 8.34. The van der Waals surface area contributed by atoms with E-state index in [2.05, 4.69) is 0 Å². The first-order valence-electron chi connectivity index (χ1n) is 5.95. The van der Waals surface area contributed by atoms with Crippen molar-refractivity contribution >= 4 is 15.8 Å². The lowest BCUT2D eigenvalue weighted by atomic mass is 10.1. The maximum atomic E-state index is 12.2. The Balaban J connectivity index is 3.10. The summed E-state index contributed by atoms with van der Waals surface area (Å²) >= 11 is 0. The van der Waals surface area contributed by atoms with Crippen LogP contribution >= 0.6 is 0 Å². The highest BCUT2D eigenvalue weighted by molar-refractivity contribution is 7.92. The van der Waals surface area contributed by atoms with Gasteiger partial charge in [0.2, 0.25) is 0 Å². The van der Waals surface area contributed by atoms with Crippen molar-refractivity contribution in [1.29, 1.82) is 0 Å². The van der Waals surface area contributed by atoms with Crippen molar-refractivity contribution in [2.45, 2.75) is 12.2 Å². The fourth-order valence-electron chi connectivity index (χ4n) is 1.65. The summed E-state index contributed by atoms with van der Waals surface area (Å²) in [6.45, 7) is 1.83. The van der Waals surface area contributed by atoms with E-state index in [1.54, 1.807) is 37.3 Å². The van der Waals surface area contributed by atoms with Crippen LogP contribution in [0.2, 0.25) is 0 Å². The smallest absolute Gasteiger partial charge is 0.328 e. The number of carbonyl (C=O) groups excluding carboxylic acids is 1. The lowest BCUT2D eigenvalue weighted by molar-refractivity contribution is -0.142. The molecule has 1 rings (SSSR count). The third-order valence-electron chi connectivity index (χ3n) is 2.53. The maximum absolute atomic E-state index is 12.2. The van der Waals surface area contributed by atoms with Gasteiger partial charge in [0.05, 0.1) is 19.0 Å². The van der Waals surface area contributed by atoms with Gasteiger partial charge in [-0.2, -0.15) is 0 Å². The van der Waals surface area contributed by atoms with Crippen molar-refractivity contribution in [3.63, 3.8) is 0 Å². The molecule has 1 aromatic rings. The van der Waals surface area contributed by atoms with E-state index in [4.69, 9.17) is 9.47 Å². The molecule has 0 saturated heterocycles. The average molecular weight is 286 g/mol. The van der Waals surface area contributed by atoms with E-state index in [0.29, 0.717) is 5.56 Å². The molecule has 0 aromatic heterocycles. The summed E-state index contributed by atoms with van der Waals surface area (Å²) in [5.41, 5.74) is 0.414. The minimum atomic E-state index is -3.66. The highest BCUT2D eigenvalue weighted by atomic mass is 32.2. The predicted molar refractivity (Wildman–Crippen MR) is 71.5 cm³/mol. The molecule has 0 fully saturated rings. The molecule has 6 heteroatoms. The van der Waals surface area contributed by atoms with Gasteiger partial charge in [0.1, 0.15) is 0 Å². The normalized spacial score (nSPS) is 12.9. The van der Waals surface area contributed by atoms with Crippen LogP contribution in [-0.2, 0) is 24.1 Å². The van der Waals surface area contributed by atoms with Gasteiger partial charge in [0.25, 0.3) is 0 Å². The Morgan fingerprint density at radius 2 is 1.89 bits per heavy atom. The number of hydrogen-bond donors (Lipinski definition) is 0. The summed E-state index contributed by atoms with van der Waals surface area (Å²) < 4.78 is 34.1. The molecular formula is C13H18O5S. The molecule has 0 spiro atoms. The molecular weight excluding hydrogens is 268 g/mol. The molecule has 1 aromatic carbocycles. The van der Waals surface area contributed by atoms with Crippen LogP contribution in [0.4, 0.5) is 0 Å². The van der Waals surface area contributed by atoms with Crippen molar-refractivity contribution in [3.05, 3.63) is 35.9 Å². The van der Waals surface area contributed by atoms with Crippen LogP contribution in [0, 0.1) is 0 Å². The molecule has 0 aliphatic carbocycles. The van der Waals surface area contributed by atoms with E-state index in [-0.39, 0.29) is 19.0 Å². The van der Waals surface area contributed by atoms with E-state index in [0.717, 1.165) is 0 Å². The zero-order valence-corrected chi connectivity index (χ0v) is 11.9. The Hall–Kier alpha value is -1.40. The first kappa shape index (κ1) is 15.7.